The maximum atomic E-state index is 11.9. The van der Waals surface area contributed by atoms with Crippen LogP contribution in [-0.2, 0) is 10.3 Å². The quantitative estimate of drug-likeness (QED) is 0.577. The summed E-state index contributed by atoms with van der Waals surface area (Å²) in [6.45, 7) is 8.14. The van der Waals surface area contributed by atoms with Crippen molar-refractivity contribution in [2.45, 2.75) is 82.6 Å². The average molecular weight is 471 g/mol. The highest BCUT2D eigenvalue weighted by atomic mass is 16.3. The summed E-state index contributed by atoms with van der Waals surface area (Å²) in [5.74, 6) is 1.36. The highest BCUT2D eigenvalue weighted by Gasteiger charge is 2.55. The molecule has 6 heteroatoms. The molecular formula is C28H46N4O2. The van der Waals surface area contributed by atoms with Crippen molar-refractivity contribution in [1.29, 1.82) is 0 Å². The summed E-state index contributed by atoms with van der Waals surface area (Å²) in [4.78, 5) is 19.1. The van der Waals surface area contributed by atoms with Crippen LogP contribution in [0.15, 0.2) is 30.3 Å². The third-order valence-corrected chi connectivity index (χ3v) is 8.99. The Morgan fingerprint density at radius 3 is 2.41 bits per heavy atom. The maximum Gasteiger partial charge on any atom is 0.221 e. The standard InChI is InChI=1S/C28H46N4O2/c1-22(2)19-30(4)28(24-11-6-5-7-12-24)16-14-27(15-17-28)21-31(18-13-25(33)29-3)26(34)32(27)20-23-9-8-10-23/h5-7,11-12,22-23,26,34H,8-10,13-21H2,1-4H3,(H,29,33). The normalized spacial score (nSPS) is 30.9. The van der Waals surface area contributed by atoms with Crippen molar-refractivity contribution in [3.8, 4) is 0 Å². The SMILES string of the molecule is CNC(=O)CCN1CC2(CCC(c3ccccc3)(N(C)CC(C)C)CC2)N(CC2CCC2)C1O. The smallest absolute Gasteiger partial charge is 0.221 e. The summed E-state index contributed by atoms with van der Waals surface area (Å²) < 4.78 is 0. The van der Waals surface area contributed by atoms with Gasteiger partial charge in [-0.3, -0.25) is 19.5 Å². The lowest BCUT2D eigenvalue weighted by atomic mass is 9.67. The van der Waals surface area contributed by atoms with E-state index in [2.05, 4.69) is 71.2 Å². The molecule has 2 N–H and O–H groups in total. The predicted molar refractivity (Wildman–Crippen MR) is 137 cm³/mol. The molecular weight excluding hydrogens is 424 g/mol. The van der Waals surface area contributed by atoms with E-state index in [1.54, 1.807) is 7.05 Å². The molecule has 1 amide bonds. The number of hydrogen-bond acceptors (Lipinski definition) is 5. The number of rotatable bonds is 9. The molecule has 1 aliphatic heterocycles. The number of nitrogens with zero attached hydrogens (tertiary/aromatic N) is 3. The van der Waals surface area contributed by atoms with Crippen LogP contribution in [0.25, 0.3) is 0 Å². The van der Waals surface area contributed by atoms with Gasteiger partial charge in [0.1, 0.15) is 0 Å². The van der Waals surface area contributed by atoms with Gasteiger partial charge in [-0.1, -0.05) is 50.6 Å². The van der Waals surface area contributed by atoms with E-state index >= 15 is 0 Å². The van der Waals surface area contributed by atoms with Gasteiger partial charge in [0, 0.05) is 50.7 Å². The minimum Gasteiger partial charge on any atom is -0.365 e. The molecule has 1 aromatic carbocycles. The van der Waals surface area contributed by atoms with Crippen LogP contribution < -0.4 is 5.32 Å². The van der Waals surface area contributed by atoms with Gasteiger partial charge in [0.2, 0.25) is 5.91 Å². The lowest BCUT2D eigenvalue weighted by Gasteiger charge is -2.53. The lowest BCUT2D eigenvalue weighted by Crippen LogP contribution is -2.58. The topological polar surface area (TPSA) is 59.1 Å². The molecule has 2 aliphatic carbocycles. The van der Waals surface area contributed by atoms with E-state index in [0.717, 1.165) is 45.3 Å². The van der Waals surface area contributed by atoms with Gasteiger partial charge in [0.05, 0.1) is 0 Å². The van der Waals surface area contributed by atoms with Crippen molar-refractivity contribution in [2.24, 2.45) is 11.8 Å². The zero-order valence-corrected chi connectivity index (χ0v) is 21.8. The number of hydrogen-bond donors (Lipinski definition) is 2. The Balaban J connectivity index is 1.56. The molecule has 1 atom stereocenters. The van der Waals surface area contributed by atoms with Crippen LogP contribution in [0.1, 0.15) is 70.8 Å². The molecule has 4 rings (SSSR count). The van der Waals surface area contributed by atoms with Crippen molar-refractivity contribution in [1.82, 2.24) is 20.0 Å². The van der Waals surface area contributed by atoms with E-state index in [9.17, 15) is 9.90 Å². The van der Waals surface area contributed by atoms with Gasteiger partial charge in [-0.2, -0.15) is 0 Å². The highest BCUT2D eigenvalue weighted by Crippen LogP contribution is 2.50. The van der Waals surface area contributed by atoms with Crippen LogP contribution in [0, 0.1) is 11.8 Å². The summed E-state index contributed by atoms with van der Waals surface area (Å²) >= 11 is 0. The second kappa shape index (κ2) is 10.7. The third kappa shape index (κ3) is 5.06. The van der Waals surface area contributed by atoms with Crippen molar-refractivity contribution in [2.75, 3.05) is 40.3 Å². The average Bonchev–Trinajstić information content (AvgIpc) is 3.05. The van der Waals surface area contributed by atoms with E-state index < -0.39 is 6.35 Å². The summed E-state index contributed by atoms with van der Waals surface area (Å²) in [5.41, 5.74) is 1.46. The maximum absolute atomic E-state index is 11.9. The molecule has 3 fully saturated rings. The lowest BCUT2D eigenvalue weighted by molar-refractivity contribution is -0.123. The van der Waals surface area contributed by atoms with Crippen molar-refractivity contribution in [3.05, 3.63) is 35.9 Å². The fourth-order valence-corrected chi connectivity index (χ4v) is 6.73. The Bertz CT molecular complexity index is 802. The monoisotopic (exact) mass is 470 g/mol. The van der Waals surface area contributed by atoms with E-state index in [-0.39, 0.29) is 17.0 Å². The Hall–Kier alpha value is -1.47. The zero-order chi connectivity index (χ0) is 24.3. The zero-order valence-electron chi connectivity index (χ0n) is 21.8. The number of nitrogens with one attached hydrogen (secondary N) is 1. The number of carbonyl (C=O) groups excluding carboxylic acids is 1. The number of aliphatic hydroxyl groups is 1. The molecule has 6 nitrogen and oxygen atoms in total. The van der Waals surface area contributed by atoms with Crippen LogP contribution in [0.3, 0.4) is 0 Å². The van der Waals surface area contributed by atoms with Gasteiger partial charge in [-0.05, 0) is 63.0 Å². The molecule has 2 saturated carbocycles. The van der Waals surface area contributed by atoms with E-state index in [4.69, 9.17) is 0 Å². The van der Waals surface area contributed by atoms with Crippen LogP contribution in [0.5, 0.6) is 0 Å². The minimum absolute atomic E-state index is 0.00531. The molecule has 3 aliphatic rings. The molecule has 1 spiro atoms. The molecule has 1 heterocycles. The van der Waals surface area contributed by atoms with Gasteiger partial charge in [0.15, 0.2) is 6.35 Å². The Morgan fingerprint density at radius 1 is 1.18 bits per heavy atom. The van der Waals surface area contributed by atoms with Gasteiger partial charge in [-0.15, -0.1) is 0 Å². The molecule has 0 bridgehead atoms. The van der Waals surface area contributed by atoms with Crippen LogP contribution in [0.2, 0.25) is 0 Å². The summed E-state index contributed by atoms with van der Waals surface area (Å²) in [6, 6.07) is 11.1. The van der Waals surface area contributed by atoms with Crippen LogP contribution >= 0.6 is 0 Å². The summed E-state index contributed by atoms with van der Waals surface area (Å²) in [7, 11) is 3.99. The third-order valence-electron chi connectivity index (χ3n) is 8.99. The molecule has 0 aromatic heterocycles. The highest BCUT2D eigenvalue weighted by molar-refractivity contribution is 5.75. The Labute approximate surface area is 206 Å². The first-order valence-corrected chi connectivity index (χ1v) is 13.5. The fourth-order valence-electron chi connectivity index (χ4n) is 6.73. The second-order valence-corrected chi connectivity index (χ2v) is 11.6. The Morgan fingerprint density at radius 2 is 1.85 bits per heavy atom. The van der Waals surface area contributed by atoms with E-state index in [1.807, 2.05) is 0 Å². The second-order valence-electron chi connectivity index (χ2n) is 11.6. The Kier molecular flexibility index (Phi) is 8.02. The molecule has 0 radical (unpaired) electrons. The molecule has 1 saturated heterocycles. The molecule has 1 aromatic rings. The largest absolute Gasteiger partial charge is 0.365 e. The van der Waals surface area contributed by atoms with Crippen molar-refractivity contribution in [3.63, 3.8) is 0 Å². The van der Waals surface area contributed by atoms with Crippen LogP contribution in [0.4, 0.5) is 0 Å². The first-order valence-electron chi connectivity index (χ1n) is 13.5. The molecule has 190 valence electrons. The van der Waals surface area contributed by atoms with E-state index in [1.165, 1.54) is 24.8 Å². The number of benzene rings is 1. The first-order chi connectivity index (χ1) is 16.3. The van der Waals surface area contributed by atoms with Gasteiger partial charge in [0.25, 0.3) is 0 Å². The summed E-state index contributed by atoms with van der Waals surface area (Å²) in [5, 5.41) is 14.1. The summed E-state index contributed by atoms with van der Waals surface area (Å²) in [6.07, 6.45) is 8.07. The van der Waals surface area contributed by atoms with E-state index in [0.29, 0.717) is 24.8 Å². The minimum atomic E-state index is -0.581. The first kappa shape index (κ1) is 25.6. The number of amides is 1. The van der Waals surface area contributed by atoms with Gasteiger partial charge >= 0.3 is 0 Å². The van der Waals surface area contributed by atoms with Crippen molar-refractivity contribution >= 4 is 5.91 Å². The molecule has 34 heavy (non-hydrogen) atoms. The van der Waals surface area contributed by atoms with Crippen LogP contribution in [-0.4, -0.2) is 77.9 Å². The van der Waals surface area contributed by atoms with Gasteiger partial charge in [-0.25, -0.2) is 0 Å². The number of aliphatic hydroxyl groups excluding tert-OH is 1. The predicted octanol–water partition coefficient (Wildman–Crippen LogP) is 3.61. The fraction of sp³-hybridized carbons (Fsp3) is 0.750. The van der Waals surface area contributed by atoms with Gasteiger partial charge < -0.3 is 10.4 Å². The number of carbonyl (C=O) groups is 1. The molecule has 1 unspecified atom stereocenters. The van der Waals surface area contributed by atoms with Crippen molar-refractivity contribution < 1.29 is 9.90 Å².